The largest absolute Gasteiger partial charge is 0.378 e. The molecule has 0 spiro atoms. The summed E-state index contributed by atoms with van der Waals surface area (Å²) in [7, 11) is 3.48. The van der Waals surface area contributed by atoms with Crippen molar-refractivity contribution in [1.29, 1.82) is 0 Å². The number of nitrogens with zero attached hydrogens (tertiary/aromatic N) is 4. The molecule has 1 atom stereocenters. The number of likely N-dealkylation sites (N-methyl/N-ethyl adjacent to an activating group) is 1. The minimum Gasteiger partial charge on any atom is -0.378 e. The van der Waals surface area contributed by atoms with Crippen LogP contribution >= 0.6 is 24.0 Å². The van der Waals surface area contributed by atoms with Gasteiger partial charge in [-0.1, -0.05) is 6.92 Å². The van der Waals surface area contributed by atoms with Crippen LogP contribution in [0.4, 0.5) is 0 Å². The number of morpholine rings is 1. The van der Waals surface area contributed by atoms with Crippen LogP contribution < -0.4 is 5.32 Å². The SMILES string of the molecule is CCC(C)NC(=NCC(=O)N(C)C)N1CCC(C(=O)N2CCOCC2)CC1.I. The van der Waals surface area contributed by atoms with Crippen LogP contribution in [0.15, 0.2) is 4.99 Å². The normalized spacial score (nSPS) is 19.6. The van der Waals surface area contributed by atoms with E-state index in [9.17, 15) is 9.59 Å². The summed E-state index contributed by atoms with van der Waals surface area (Å²) in [6.45, 7) is 8.60. The van der Waals surface area contributed by atoms with Crippen LogP contribution in [-0.2, 0) is 14.3 Å². The molecule has 1 unspecified atom stereocenters. The van der Waals surface area contributed by atoms with E-state index >= 15 is 0 Å². The average Bonchev–Trinajstić information content (AvgIpc) is 2.70. The topological polar surface area (TPSA) is 77.5 Å². The standard InChI is InChI=1S/C19H35N5O3.HI/c1-5-15(2)21-19(20-14-17(25)22(3)4)24-8-6-16(7-9-24)18(26)23-10-12-27-13-11-23;/h15-16H,5-14H2,1-4H3,(H,20,21);1H. The zero-order valence-corrected chi connectivity index (χ0v) is 20.0. The number of guanidine groups is 1. The van der Waals surface area contributed by atoms with Gasteiger partial charge in [-0.2, -0.15) is 0 Å². The van der Waals surface area contributed by atoms with Crippen LogP contribution in [0, 0.1) is 5.92 Å². The Morgan fingerprint density at radius 2 is 1.75 bits per heavy atom. The van der Waals surface area contributed by atoms with Gasteiger partial charge in [0, 0.05) is 52.2 Å². The molecule has 8 nitrogen and oxygen atoms in total. The molecule has 2 rings (SSSR count). The zero-order chi connectivity index (χ0) is 19.8. The van der Waals surface area contributed by atoms with E-state index < -0.39 is 0 Å². The van der Waals surface area contributed by atoms with Crippen molar-refractivity contribution in [2.75, 3.05) is 60.0 Å². The molecule has 9 heteroatoms. The summed E-state index contributed by atoms with van der Waals surface area (Å²) in [6, 6.07) is 0.283. The first-order chi connectivity index (χ1) is 12.9. The van der Waals surface area contributed by atoms with Crippen LogP contribution in [0.5, 0.6) is 0 Å². The summed E-state index contributed by atoms with van der Waals surface area (Å²) in [5.41, 5.74) is 0. The zero-order valence-electron chi connectivity index (χ0n) is 17.6. The lowest BCUT2D eigenvalue weighted by atomic mass is 9.95. The molecule has 0 bridgehead atoms. The quantitative estimate of drug-likeness (QED) is 0.340. The van der Waals surface area contributed by atoms with Crippen LogP contribution in [0.1, 0.15) is 33.1 Å². The molecule has 2 fully saturated rings. The smallest absolute Gasteiger partial charge is 0.243 e. The van der Waals surface area contributed by atoms with Gasteiger partial charge in [0.25, 0.3) is 0 Å². The predicted octanol–water partition coefficient (Wildman–Crippen LogP) is 1.01. The molecule has 0 radical (unpaired) electrons. The van der Waals surface area contributed by atoms with Gasteiger partial charge >= 0.3 is 0 Å². The van der Waals surface area contributed by atoms with Gasteiger partial charge in [0.1, 0.15) is 6.54 Å². The summed E-state index contributed by atoms with van der Waals surface area (Å²) in [5, 5.41) is 3.43. The number of ether oxygens (including phenoxy) is 1. The highest BCUT2D eigenvalue weighted by Crippen LogP contribution is 2.20. The number of likely N-dealkylation sites (tertiary alicyclic amines) is 1. The van der Waals surface area contributed by atoms with Crippen LogP contribution in [0.2, 0.25) is 0 Å². The molecule has 0 aliphatic carbocycles. The van der Waals surface area contributed by atoms with Gasteiger partial charge in [-0.15, -0.1) is 24.0 Å². The number of carbonyl (C=O) groups is 2. The third-order valence-corrected chi connectivity index (χ3v) is 5.32. The van der Waals surface area contributed by atoms with Crippen molar-refractivity contribution >= 4 is 41.8 Å². The number of amides is 2. The van der Waals surface area contributed by atoms with Gasteiger partial charge in [-0.3, -0.25) is 9.59 Å². The number of rotatable bonds is 5. The third-order valence-electron chi connectivity index (χ3n) is 5.32. The Labute approximate surface area is 186 Å². The molecule has 28 heavy (non-hydrogen) atoms. The van der Waals surface area contributed by atoms with Crippen molar-refractivity contribution in [2.45, 2.75) is 39.2 Å². The van der Waals surface area contributed by atoms with Crippen molar-refractivity contribution in [3.8, 4) is 0 Å². The van der Waals surface area contributed by atoms with Crippen molar-refractivity contribution in [2.24, 2.45) is 10.9 Å². The van der Waals surface area contributed by atoms with E-state index in [0.29, 0.717) is 26.3 Å². The average molecular weight is 509 g/mol. The highest BCUT2D eigenvalue weighted by molar-refractivity contribution is 14.0. The Bertz CT molecular complexity index is 530. The maximum atomic E-state index is 12.7. The minimum atomic E-state index is -0.0177. The molecule has 2 aliphatic heterocycles. The lowest BCUT2D eigenvalue weighted by molar-refractivity contribution is -0.140. The second-order valence-electron chi connectivity index (χ2n) is 7.58. The predicted molar refractivity (Wildman–Crippen MR) is 121 cm³/mol. The second kappa shape index (κ2) is 12.5. The summed E-state index contributed by atoms with van der Waals surface area (Å²) >= 11 is 0. The number of hydrogen-bond donors (Lipinski definition) is 1. The Balaban J connectivity index is 0.00000392. The Kier molecular flexibility index (Phi) is 11.1. The van der Waals surface area contributed by atoms with Gasteiger partial charge < -0.3 is 24.8 Å². The lowest BCUT2D eigenvalue weighted by Crippen LogP contribution is -2.51. The first kappa shape index (κ1) is 24.9. The minimum absolute atomic E-state index is 0. The Morgan fingerprint density at radius 1 is 1.14 bits per heavy atom. The summed E-state index contributed by atoms with van der Waals surface area (Å²) in [5.74, 6) is 1.09. The molecule has 2 aliphatic rings. The maximum absolute atomic E-state index is 12.7. The molecule has 0 aromatic heterocycles. The van der Waals surface area contributed by atoms with Crippen molar-refractivity contribution in [3.63, 3.8) is 0 Å². The number of hydrogen-bond acceptors (Lipinski definition) is 4. The van der Waals surface area contributed by atoms with E-state index in [2.05, 4.69) is 29.1 Å². The monoisotopic (exact) mass is 509 g/mol. The van der Waals surface area contributed by atoms with E-state index in [0.717, 1.165) is 38.3 Å². The summed E-state index contributed by atoms with van der Waals surface area (Å²) < 4.78 is 5.34. The number of halogens is 1. The third kappa shape index (κ3) is 7.38. The molecule has 2 amide bonds. The van der Waals surface area contributed by atoms with Crippen LogP contribution in [-0.4, -0.2) is 98.5 Å². The van der Waals surface area contributed by atoms with Crippen molar-refractivity contribution in [1.82, 2.24) is 20.0 Å². The van der Waals surface area contributed by atoms with E-state index in [4.69, 9.17) is 4.74 Å². The van der Waals surface area contributed by atoms with Crippen molar-refractivity contribution in [3.05, 3.63) is 0 Å². The van der Waals surface area contributed by atoms with Crippen LogP contribution in [0.25, 0.3) is 0 Å². The van der Waals surface area contributed by atoms with Gasteiger partial charge in [0.2, 0.25) is 11.8 Å². The first-order valence-electron chi connectivity index (χ1n) is 10.0. The highest BCUT2D eigenvalue weighted by Gasteiger charge is 2.30. The van der Waals surface area contributed by atoms with Gasteiger partial charge in [-0.05, 0) is 26.2 Å². The fourth-order valence-electron chi connectivity index (χ4n) is 3.22. The maximum Gasteiger partial charge on any atom is 0.243 e. The fourth-order valence-corrected chi connectivity index (χ4v) is 3.22. The van der Waals surface area contributed by atoms with E-state index in [1.807, 2.05) is 4.90 Å². The Hall–Kier alpha value is -1.10. The number of aliphatic imine (C=N–C) groups is 1. The first-order valence-corrected chi connectivity index (χ1v) is 10.0. The van der Waals surface area contributed by atoms with Gasteiger partial charge in [-0.25, -0.2) is 4.99 Å². The van der Waals surface area contributed by atoms with E-state index in [-0.39, 0.29) is 54.3 Å². The molecule has 2 heterocycles. The fraction of sp³-hybridized carbons (Fsp3) is 0.842. The summed E-state index contributed by atoms with van der Waals surface area (Å²) in [4.78, 5) is 34.8. The lowest BCUT2D eigenvalue weighted by Gasteiger charge is -2.37. The van der Waals surface area contributed by atoms with Gasteiger partial charge in [0.05, 0.1) is 13.2 Å². The molecule has 162 valence electrons. The second-order valence-corrected chi connectivity index (χ2v) is 7.58. The molecular weight excluding hydrogens is 473 g/mol. The molecular formula is C19H36IN5O3. The van der Waals surface area contributed by atoms with E-state index in [1.165, 1.54) is 0 Å². The molecule has 0 aromatic carbocycles. The summed E-state index contributed by atoms with van der Waals surface area (Å²) in [6.07, 6.45) is 2.62. The highest BCUT2D eigenvalue weighted by atomic mass is 127. The number of piperidine rings is 1. The Morgan fingerprint density at radius 3 is 2.29 bits per heavy atom. The number of carbonyl (C=O) groups excluding carboxylic acids is 2. The van der Waals surface area contributed by atoms with Gasteiger partial charge in [0.15, 0.2) is 5.96 Å². The number of nitrogens with one attached hydrogen (secondary N) is 1. The molecule has 0 saturated carbocycles. The van der Waals surface area contributed by atoms with Crippen molar-refractivity contribution < 1.29 is 14.3 Å². The van der Waals surface area contributed by atoms with Crippen LogP contribution in [0.3, 0.4) is 0 Å². The molecule has 1 N–H and O–H groups in total. The molecule has 2 saturated heterocycles. The van der Waals surface area contributed by atoms with E-state index in [1.54, 1.807) is 19.0 Å². The molecule has 0 aromatic rings.